The van der Waals surface area contributed by atoms with Crippen molar-refractivity contribution < 1.29 is 27.4 Å². The molecule has 47 heavy (non-hydrogen) atoms. The molecule has 0 radical (unpaired) electrons. The molecule has 246 valence electrons. The molecule has 2 aromatic heterocycles. The van der Waals surface area contributed by atoms with E-state index < -0.39 is 23.3 Å². The Morgan fingerprint density at radius 3 is 2.91 bits per heavy atom. The lowest BCUT2D eigenvalue weighted by Gasteiger charge is -2.31. The molecule has 2 aromatic carbocycles. The van der Waals surface area contributed by atoms with Gasteiger partial charge in [0, 0.05) is 56.7 Å². The summed E-state index contributed by atoms with van der Waals surface area (Å²) in [7, 11) is 0. The molecule has 3 unspecified atom stereocenters. The third kappa shape index (κ3) is 5.54. The Labute approximate surface area is 270 Å². The summed E-state index contributed by atoms with van der Waals surface area (Å²) in [5, 5.41) is 4.74. The summed E-state index contributed by atoms with van der Waals surface area (Å²) in [5.74, 6) is -0.802. The number of anilines is 1. The number of ether oxygens (including phenoxy) is 2. The van der Waals surface area contributed by atoms with Crippen LogP contribution in [0.1, 0.15) is 37.7 Å². The molecular weight excluding hydrogens is 609 g/mol. The monoisotopic (exact) mass is 646 g/mol. The summed E-state index contributed by atoms with van der Waals surface area (Å²) in [4.78, 5) is 31.1. The topological polar surface area (TPSA) is 92.7 Å². The number of fused-ring (bicyclic) bond motifs is 7. The molecule has 12 heteroatoms. The van der Waals surface area contributed by atoms with Gasteiger partial charge in [-0.05, 0) is 54.6 Å². The van der Waals surface area contributed by atoms with E-state index in [1.165, 1.54) is 6.07 Å². The standard InChI is InChI=1S/C35H37F3N6O3/c36-23-14-35(10-3-11-44(35)18-23)20-47-34-41-32-26-16-40-31(30(32)38)25-6-1-4-22-8-9-27(37)24(29(22)25)5-2-7-28(45)39-15-21-17-43(33(26)42-34)12-13-46-19-21/h1,4,6,8-9,16,21,23H,2-3,5,7,10-15,17-20H2,(H,39,45). The maximum absolute atomic E-state index is 16.9. The summed E-state index contributed by atoms with van der Waals surface area (Å²) >= 11 is 0. The smallest absolute Gasteiger partial charge is 0.319 e. The summed E-state index contributed by atoms with van der Waals surface area (Å²) in [5.41, 5.74) is 0.506. The molecule has 0 saturated carbocycles. The number of aryl methyl sites for hydroxylation is 1. The zero-order valence-corrected chi connectivity index (χ0v) is 26.1. The van der Waals surface area contributed by atoms with Gasteiger partial charge in [-0.1, -0.05) is 24.3 Å². The van der Waals surface area contributed by atoms with Gasteiger partial charge in [0.15, 0.2) is 5.82 Å². The Hall–Kier alpha value is -4.03. The molecule has 1 N–H and O–H groups in total. The largest absolute Gasteiger partial charge is 0.461 e. The predicted octanol–water partition coefficient (Wildman–Crippen LogP) is 4.98. The van der Waals surface area contributed by atoms with Crippen molar-refractivity contribution in [1.82, 2.24) is 25.2 Å². The van der Waals surface area contributed by atoms with Crippen LogP contribution in [0.3, 0.4) is 0 Å². The first kappa shape index (κ1) is 30.3. The Morgan fingerprint density at radius 1 is 1.09 bits per heavy atom. The van der Waals surface area contributed by atoms with Crippen LogP contribution in [-0.4, -0.2) is 90.0 Å². The highest BCUT2D eigenvalue weighted by Gasteiger charge is 2.49. The van der Waals surface area contributed by atoms with Crippen LogP contribution in [0.4, 0.5) is 19.0 Å². The average Bonchev–Trinajstić information content (AvgIpc) is 3.48. The fraction of sp³-hybridized carbons (Fsp3) is 0.486. The number of amides is 1. The lowest BCUT2D eigenvalue weighted by molar-refractivity contribution is -0.121. The quantitative estimate of drug-likeness (QED) is 0.333. The number of rotatable bonds is 3. The maximum atomic E-state index is 16.9. The molecule has 7 heterocycles. The summed E-state index contributed by atoms with van der Waals surface area (Å²) in [6, 6.07) is 8.48. The summed E-state index contributed by atoms with van der Waals surface area (Å²) in [6.45, 7) is 3.60. The molecule has 3 atom stereocenters. The van der Waals surface area contributed by atoms with E-state index in [4.69, 9.17) is 14.5 Å². The zero-order valence-electron chi connectivity index (χ0n) is 26.1. The van der Waals surface area contributed by atoms with E-state index in [9.17, 15) is 9.18 Å². The van der Waals surface area contributed by atoms with Gasteiger partial charge in [-0.25, -0.2) is 13.2 Å². The molecule has 5 aliphatic heterocycles. The summed E-state index contributed by atoms with van der Waals surface area (Å²) in [6.07, 6.45) is 3.76. The van der Waals surface area contributed by atoms with Crippen molar-refractivity contribution in [2.24, 2.45) is 5.92 Å². The third-order valence-corrected chi connectivity index (χ3v) is 10.3. The van der Waals surface area contributed by atoms with Gasteiger partial charge in [-0.3, -0.25) is 14.7 Å². The van der Waals surface area contributed by atoms with Crippen LogP contribution in [-0.2, 0) is 16.0 Å². The average molecular weight is 647 g/mol. The molecule has 9 rings (SSSR count). The number of benzene rings is 2. The van der Waals surface area contributed by atoms with Crippen molar-refractivity contribution in [2.45, 2.75) is 50.2 Å². The van der Waals surface area contributed by atoms with E-state index >= 15 is 8.78 Å². The minimum atomic E-state index is -0.918. The number of aromatic nitrogens is 3. The number of halogens is 3. The van der Waals surface area contributed by atoms with E-state index in [-0.39, 0.29) is 42.1 Å². The number of hydrogen-bond donors (Lipinski definition) is 1. The normalized spacial score (nSPS) is 25.3. The molecule has 1 amide bonds. The highest BCUT2D eigenvalue weighted by Crippen LogP contribution is 2.41. The van der Waals surface area contributed by atoms with Crippen LogP contribution in [0.2, 0.25) is 0 Å². The van der Waals surface area contributed by atoms with Crippen molar-refractivity contribution in [1.29, 1.82) is 0 Å². The fourth-order valence-electron chi connectivity index (χ4n) is 8.00. The van der Waals surface area contributed by atoms with Gasteiger partial charge in [0.2, 0.25) is 5.91 Å². The van der Waals surface area contributed by atoms with Crippen LogP contribution in [0, 0.1) is 17.6 Å². The highest BCUT2D eigenvalue weighted by molar-refractivity contribution is 6.01. The van der Waals surface area contributed by atoms with Gasteiger partial charge >= 0.3 is 6.01 Å². The SMILES string of the molecule is O=C1CCCc2c(F)ccc3cccc(c23)-c2ncc3c(nc(OCC45CCCN4CC(F)C5)nc3c2F)N2CCOCC(CN1)C2. The third-order valence-electron chi connectivity index (χ3n) is 10.3. The molecule has 5 aliphatic rings. The molecular formula is C35H37F3N6O3. The van der Waals surface area contributed by atoms with Gasteiger partial charge in [0.25, 0.3) is 0 Å². The number of carbonyl (C=O) groups is 1. The molecule has 4 aromatic rings. The second kappa shape index (κ2) is 12.2. The minimum absolute atomic E-state index is 0.00432. The second-order valence-corrected chi connectivity index (χ2v) is 13.4. The highest BCUT2D eigenvalue weighted by atomic mass is 19.1. The Balaban J connectivity index is 1.29. The Kier molecular flexibility index (Phi) is 7.87. The molecule has 9 nitrogen and oxygen atoms in total. The molecule has 3 saturated heterocycles. The Bertz CT molecular complexity index is 1860. The van der Waals surface area contributed by atoms with Gasteiger partial charge in [-0.15, -0.1) is 0 Å². The van der Waals surface area contributed by atoms with Crippen molar-refractivity contribution in [2.75, 3.05) is 57.4 Å². The maximum Gasteiger partial charge on any atom is 0.319 e. The molecule has 0 spiro atoms. The predicted molar refractivity (Wildman–Crippen MR) is 171 cm³/mol. The first-order chi connectivity index (χ1) is 22.9. The van der Waals surface area contributed by atoms with Crippen LogP contribution in [0.25, 0.3) is 32.9 Å². The molecule has 6 bridgehead atoms. The fourth-order valence-corrected chi connectivity index (χ4v) is 8.00. The van der Waals surface area contributed by atoms with Crippen molar-refractivity contribution >= 4 is 33.4 Å². The molecule has 0 aliphatic carbocycles. The van der Waals surface area contributed by atoms with Gasteiger partial charge in [0.1, 0.15) is 35.6 Å². The first-order valence-corrected chi connectivity index (χ1v) is 16.6. The van der Waals surface area contributed by atoms with Crippen molar-refractivity contribution in [3.05, 3.63) is 53.7 Å². The first-order valence-electron chi connectivity index (χ1n) is 16.6. The number of nitrogens with one attached hydrogen (secondary N) is 1. The zero-order chi connectivity index (χ0) is 32.1. The number of alkyl halides is 1. The van der Waals surface area contributed by atoms with Crippen molar-refractivity contribution in [3.8, 4) is 17.3 Å². The van der Waals surface area contributed by atoms with E-state index in [0.29, 0.717) is 86.4 Å². The Morgan fingerprint density at radius 2 is 2.00 bits per heavy atom. The van der Waals surface area contributed by atoms with E-state index in [1.807, 2.05) is 11.0 Å². The number of nitrogens with zero attached hydrogens (tertiary/aromatic N) is 5. The summed E-state index contributed by atoms with van der Waals surface area (Å²) < 4.78 is 59.0. The van der Waals surface area contributed by atoms with Gasteiger partial charge in [0.05, 0.1) is 24.1 Å². The minimum Gasteiger partial charge on any atom is -0.461 e. The van der Waals surface area contributed by atoms with E-state index in [0.717, 1.165) is 24.8 Å². The van der Waals surface area contributed by atoms with Crippen LogP contribution in [0.5, 0.6) is 6.01 Å². The van der Waals surface area contributed by atoms with Crippen molar-refractivity contribution in [3.63, 3.8) is 0 Å². The second-order valence-electron chi connectivity index (χ2n) is 13.4. The van der Waals surface area contributed by atoms with Gasteiger partial charge in [-0.2, -0.15) is 9.97 Å². The van der Waals surface area contributed by atoms with Crippen LogP contribution >= 0.6 is 0 Å². The van der Waals surface area contributed by atoms with E-state index in [2.05, 4.69) is 20.2 Å². The van der Waals surface area contributed by atoms with Crippen LogP contribution < -0.4 is 15.0 Å². The molecule has 3 fully saturated rings. The number of pyridine rings is 1. The number of hydrogen-bond acceptors (Lipinski definition) is 8. The van der Waals surface area contributed by atoms with Crippen LogP contribution in [0.15, 0.2) is 36.5 Å². The lowest BCUT2D eigenvalue weighted by Crippen LogP contribution is -2.43. The van der Waals surface area contributed by atoms with Gasteiger partial charge < -0.3 is 19.7 Å². The lowest BCUT2D eigenvalue weighted by atomic mass is 9.93. The number of carbonyl (C=O) groups excluding carboxylic acids is 1. The van der Waals surface area contributed by atoms with E-state index in [1.54, 1.807) is 24.4 Å².